The third-order valence-electron chi connectivity index (χ3n) is 4.88. The number of nitrogens with zero attached hydrogens (tertiary/aromatic N) is 2. The molecule has 0 saturated heterocycles. The predicted octanol–water partition coefficient (Wildman–Crippen LogP) is 4.96. The number of rotatable bonds is 8. The van der Waals surface area contributed by atoms with Crippen molar-refractivity contribution in [3.63, 3.8) is 0 Å². The number of ether oxygens (including phenoxy) is 1. The number of benzene rings is 2. The lowest BCUT2D eigenvalue weighted by atomic mass is 10.1. The van der Waals surface area contributed by atoms with Crippen LogP contribution >= 0.6 is 0 Å². The second-order valence-electron chi connectivity index (χ2n) is 6.81. The molecule has 3 aromatic rings. The monoisotopic (exact) mass is 352 g/mol. The highest BCUT2D eigenvalue weighted by Gasteiger charge is 2.17. The molecule has 2 aromatic carbocycles. The molecule has 1 atom stereocenters. The van der Waals surface area contributed by atoms with Gasteiger partial charge in [-0.25, -0.2) is 4.98 Å². The van der Waals surface area contributed by atoms with E-state index in [0.29, 0.717) is 6.61 Å². The summed E-state index contributed by atoms with van der Waals surface area (Å²) in [4.78, 5) is 4.67. The number of fused-ring (bicyclic) bond motifs is 1. The summed E-state index contributed by atoms with van der Waals surface area (Å²) in [5.74, 6) is 1.71. The van der Waals surface area contributed by atoms with E-state index in [0.717, 1.165) is 48.4 Å². The number of aliphatic hydroxyl groups excluding tert-OH is 1. The first-order chi connectivity index (χ1) is 12.6. The Morgan fingerprint density at radius 3 is 2.73 bits per heavy atom. The largest absolute Gasteiger partial charge is 0.493 e. The number of hydrogen-bond acceptors (Lipinski definition) is 3. The van der Waals surface area contributed by atoms with Crippen molar-refractivity contribution in [1.82, 2.24) is 9.55 Å². The van der Waals surface area contributed by atoms with Crippen LogP contribution in [0.4, 0.5) is 0 Å². The maximum Gasteiger partial charge on any atom is 0.138 e. The first kappa shape index (κ1) is 18.5. The number of aryl methyl sites for hydroxylation is 2. The molecule has 4 nitrogen and oxygen atoms in total. The van der Waals surface area contributed by atoms with E-state index in [4.69, 9.17) is 4.74 Å². The lowest BCUT2D eigenvalue weighted by molar-refractivity contribution is 0.152. The number of imidazole rings is 1. The van der Waals surface area contributed by atoms with E-state index in [2.05, 4.69) is 42.5 Å². The Hall–Kier alpha value is -2.33. The molecule has 4 heteroatoms. The summed E-state index contributed by atoms with van der Waals surface area (Å²) in [5, 5.41) is 10.5. The van der Waals surface area contributed by atoms with Crippen LogP contribution in [0.1, 0.15) is 49.2 Å². The van der Waals surface area contributed by atoms with Gasteiger partial charge in [0.25, 0.3) is 0 Å². The third kappa shape index (κ3) is 3.91. The zero-order chi connectivity index (χ0) is 18.5. The molecule has 0 spiro atoms. The zero-order valence-corrected chi connectivity index (χ0v) is 15.9. The molecule has 138 valence electrons. The molecule has 0 fully saturated rings. The fourth-order valence-corrected chi connectivity index (χ4v) is 3.27. The average Bonchev–Trinajstić information content (AvgIpc) is 3.01. The second kappa shape index (κ2) is 8.37. The van der Waals surface area contributed by atoms with Gasteiger partial charge in [-0.2, -0.15) is 0 Å². The molecule has 0 amide bonds. The molecule has 0 saturated carbocycles. The maximum atomic E-state index is 10.5. The average molecular weight is 352 g/mol. The lowest BCUT2D eigenvalue weighted by Gasteiger charge is -2.14. The Kier molecular flexibility index (Phi) is 5.94. The Labute approximate surface area is 155 Å². The highest BCUT2D eigenvalue weighted by molar-refractivity contribution is 5.76. The molecule has 0 aliphatic rings. The van der Waals surface area contributed by atoms with Crippen molar-refractivity contribution in [2.45, 2.75) is 52.7 Å². The molecule has 1 heterocycles. The quantitative estimate of drug-likeness (QED) is 0.583. The Morgan fingerprint density at radius 1 is 1.12 bits per heavy atom. The summed E-state index contributed by atoms with van der Waals surface area (Å²) in [6.07, 6.45) is 1.99. The van der Waals surface area contributed by atoms with Crippen LogP contribution in [0.25, 0.3) is 11.0 Å². The van der Waals surface area contributed by atoms with E-state index < -0.39 is 6.10 Å². The van der Waals surface area contributed by atoms with Gasteiger partial charge in [0.05, 0.1) is 17.6 Å². The first-order valence-electron chi connectivity index (χ1n) is 9.44. The van der Waals surface area contributed by atoms with Crippen molar-refractivity contribution < 1.29 is 9.84 Å². The highest BCUT2D eigenvalue weighted by Crippen LogP contribution is 2.24. The summed E-state index contributed by atoms with van der Waals surface area (Å²) in [5.41, 5.74) is 4.45. The SMILES string of the molecule is CCC[C@@H](O)c1nc2ccccc2n1CCCOc1cccc(C)c1C. The minimum atomic E-state index is -0.521. The minimum absolute atomic E-state index is 0.521. The molecule has 0 aliphatic carbocycles. The Bertz CT molecular complexity index is 870. The number of hydrogen-bond donors (Lipinski definition) is 1. The highest BCUT2D eigenvalue weighted by atomic mass is 16.5. The normalized spacial score (nSPS) is 12.5. The standard InChI is InChI=1S/C22H28N2O2/c1-4-9-20(25)22-23-18-11-5-6-12-19(18)24(22)14-8-15-26-21-13-7-10-16(2)17(21)3/h5-7,10-13,20,25H,4,8-9,14-15H2,1-3H3/t20-/m1/s1. The topological polar surface area (TPSA) is 47.3 Å². The van der Waals surface area contributed by atoms with Crippen LogP contribution in [-0.2, 0) is 6.54 Å². The van der Waals surface area contributed by atoms with E-state index in [1.54, 1.807) is 0 Å². The molecular formula is C22H28N2O2. The Morgan fingerprint density at radius 2 is 1.92 bits per heavy atom. The number of aromatic nitrogens is 2. The number of aliphatic hydroxyl groups is 1. The van der Waals surface area contributed by atoms with Crippen molar-refractivity contribution in [2.24, 2.45) is 0 Å². The smallest absolute Gasteiger partial charge is 0.138 e. The Balaban J connectivity index is 1.71. The third-order valence-corrected chi connectivity index (χ3v) is 4.88. The van der Waals surface area contributed by atoms with Crippen LogP contribution in [0.5, 0.6) is 5.75 Å². The molecular weight excluding hydrogens is 324 g/mol. The van der Waals surface area contributed by atoms with Crippen LogP contribution in [0.15, 0.2) is 42.5 Å². The predicted molar refractivity (Wildman–Crippen MR) is 106 cm³/mol. The van der Waals surface area contributed by atoms with E-state index in [-0.39, 0.29) is 0 Å². The van der Waals surface area contributed by atoms with Crippen LogP contribution in [-0.4, -0.2) is 21.3 Å². The molecule has 1 N–H and O–H groups in total. The molecule has 26 heavy (non-hydrogen) atoms. The molecule has 0 aliphatic heterocycles. The van der Waals surface area contributed by atoms with Crippen LogP contribution in [0, 0.1) is 13.8 Å². The van der Waals surface area contributed by atoms with Gasteiger partial charge in [0, 0.05) is 6.54 Å². The minimum Gasteiger partial charge on any atom is -0.493 e. The van der Waals surface area contributed by atoms with Crippen LogP contribution in [0.3, 0.4) is 0 Å². The number of para-hydroxylation sites is 2. The van der Waals surface area contributed by atoms with E-state index in [1.807, 2.05) is 30.3 Å². The molecule has 0 radical (unpaired) electrons. The fourth-order valence-electron chi connectivity index (χ4n) is 3.27. The van der Waals surface area contributed by atoms with Crippen molar-refractivity contribution in [1.29, 1.82) is 0 Å². The fraction of sp³-hybridized carbons (Fsp3) is 0.409. The molecule has 1 aromatic heterocycles. The van der Waals surface area contributed by atoms with E-state index in [1.165, 1.54) is 11.1 Å². The van der Waals surface area contributed by atoms with Gasteiger partial charge in [0.2, 0.25) is 0 Å². The molecule has 3 rings (SSSR count). The van der Waals surface area contributed by atoms with Gasteiger partial charge >= 0.3 is 0 Å². The van der Waals surface area contributed by atoms with Gasteiger partial charge in [-0.3, -0.25) is 0 Å². The maximum absolute atomic E-state index is 10.5. The molecule has 0 bridgehead atoms. The van der Waals surface area contributed by atoms with Gasteiger partial charge in [0.1, 0.15) is 17.7 Å². The van der Waals surface area contributed by atoms with Crippen molar-refractivity contribution >= 4 is 11.0 Å². The summed E-state index contributed by atoms with van der Waals surface area (Å²) in [7, 11) is 0. The zero-order valence-electron chi connectivity index (χ0n) is 15.9. The van der Waals surface area contributed by atoms with Crippen molar-refractivity contribution in [3.8, 4) is 5.75 Å². The van der Waals surface area contributed by atoms with Gasteiger partial charge in [0.15, 0.2) is 0 Å². The van der Waals surface area contributed by atoms with Gasteiger partial charge in [-0.15, -0.1) is 0 Å². The van der Waals surface area contributed by atoms with Gasteiger partial charge < -0.3 is 14.4 Å². The van der Waals surface area contributed by atoms with Crippen LogP contribution < -0.4 is 4.74 Å². The lowest BCUT2D eigenvalue weighted by Crippen LogP contribution is -2.11. The van der Waals surface area contributed by atoms with Crippen molar-refractivity contribution in [2.75, 3.05) is 6.61 Å². The molecule has 0 unspecified atom stereocenters. The van der Waals surface area contributed by atoms with Gasteiger partial charge in [-0.1, -0.05) is 37.6 Å². The summed E-state index contributed by atoms with van der Waals surface area (Å²) < 4.78 is 8.12. The van der Waals surface area contributed by atoms with Crippen LogP contribution in [0.2, 0.25) is 0 Å². The second-order valence-corrected chi connectivity index (χ2v) is 6.81. The van der Waals surface area contributed by atoms with E-state index >= 15 is 0 Å². The van der Waals surface area contributed by atoms with Gasteiger partial charge in [-0.05, 0) is 56.0 Å². The summed E-state index contributed by atoms with van der Waals surface area (Å²) in [6.45, 7) is 7.68. The van der Waals surface area contributed by atoms with E-state index in [9.17, 15) is 5.11 Å². The first-order valence-corrected chi connectivity index (χ1v) is 9.44. The summed E-state index contributed by atoms with van der Waals surface area (Å²) in [6, 6.07) is 14.2. The van der Waals surface area contributed by atoms with Crippen molar-refractivity contribution in [3.05, 3.63) is 59.4 Å². The summed E-state index contributed by atoms with van der Waals surface area (Å²) >= 11 is 0.